The average Bonchev–Trinajstić information content (AvgIpc) is 2.92. The minimum Gasteiger partial charge on any atom is -0.490 e. The van der Waals surface area contributed by atoms with Gasteiger partial charge in [-0.05, 0) is 62.4 Å². The number of hydrogen-bond donors (Lipinski definition) is 3. The van der Waals surface area contributed by atoms with Gasteiger partial charge in [-0.3, -0.25) is 4.79 Å². The van der Waals surface area contributed by atoms with Crippen LogP contribution in [0.2, 0.25) is 0 Å². The van der Waals surface area contributed by atoms with Crippen LogP contribution in [-0.4, -0.2) is 49.2 Å². The van der Waals surface area contributed by atoms with E-state index < -0.39 is 29.6 Å². The standard InChI is InChI=1S/C28H29F2N3O6/c1-3-37-23-15-21(22(30)16-24(23)39-13-12-34)25(28(36)38-4-2)32-20-10-8-17(9-11-20)26(31)33-27(35)18-6-5-7-19(29)14-18/h5-11,14-16,25,32,34H,3-4,12-13H2,1-2H3,(H2,31,33,35). The molecule has 0 saturated heterocycles. The molecule has 0 aliphatic heterocycles. The van der Waals surface area contributed by atoms with E-state index in [0.717, 1.165) is 12.1 Å². The Balaban J connectivity index is 1.87. The van der Waals surface area contributed by atoms with Crippen LogP contribution in [0.4, 0.5) is 14.5 Å². The molecular formula is C28H29F2N3O6. The Bertz CT molecular complexity index is 1330. The second-order valence-corrected chi connectivity index (χ2v) is 8.04. The number of nitrogens with zero attached hydrogens (tertiary/aromatic N) is 1. The lowest BCUT2D eigenvalue weighted by atomic mass is 10.0. The van der Waals surface area contributed by atoms with Crippen molar-refractivity contribution in [3.63, 3.8) is 0 Å². The van der Waals surface area contributed by atoms with E-state index in [1.54, 1.807) is 38.1 Å². The second-order valence-electron chi connectivity index (χ2n) is 8.04. The van der Waals surface area contributed by atoms with Gasteiger partial charge in [-0.25, -0.2) is 13.6 Å². The molecule has 0 spiro atoms. The number of nitrogens with two attached hydrogens (primary N) is 1. The predicted octanol–water partition coefficient (Wildman–Crippen LogP) is 4.00. The summed E-state index contributed by atoms with van der Waals surface area (Å²) < 4.78 is 44.6. The highest BCUT2D eigenvalue weighted by atomic mass is 19.1. The van der Waals surface area contributed by atoms with Gasteiger partial charge in [-0.2, -0.15) is 4.99 Å². The number of aliphatic imine (C=N–C) groups is 1. The van der Waals surface area contributed by atoms with Crippen LogP contribution < -0.4 is 20.5 Å². The highest BCUT2D eigenvalue weighted by Crippen LogP contribution is 2.35. The first kappa shape index (κ1) is 29.1. The van der Waals surface area contributed by atoms with Gasteiger partial charge < -0.3 is 30.4 Å². The maximum Gasteiger partial charge on any atom is 0.333 e. The summed E-state index contributed by atoms with van der Waals surface area (Å²) in [5.41, 5.74) is 6.79. The number of esters is 1. The summed E-state index contributed by atoms with van der Waals surface area (Å²) >= 11 is 0. The van der Waals surface area contributed by atoms with E-state index in [0.29, 0.717) is 11.3 Å². The van der Waals surface area contributed by atoms with Gasteiger partial charge in [0.2, 0.25) is 0 Å². The van der Waals surface area contributed by atoms with Crippen LogP contribution in [0.3, 0.4) is 0 Å². The molecule has 0 saturated carbocycles. The normalized spacial score (nSPS) is 12.0. The zero-order chi connectivity index (χ0) is 28.4. The van der Waals surface area contributed by atoms with Crippen LogP contribution in [0, 0.1) is 11.6 Å². The molecule has 3 aromatic carbocycles. The number of halogens is 2. The number of hydrogen-bond acceptors (Lipinski definition) is 7. The number of rotatable bonds is 12. The summed E-state index contributed by atoms with van der Waals surface area (Å²) in [7, 11) is 0. The van der Waals surface area contributed by atoms with Gasteiger partial charge in [0, 0.05) is 28.4 Å². The van der Waals surface area contributed by atoms with Crippen molar-refractivity contribution >= 4 is 23.4 Å². The molecule has 0 radical (unpaired) electrons. The van der Waals surface area contributed by atoms with Gasteiger partial charge in [0.05, 0.1) is 19.8 Å². The van der Waals surface area contributed by atoms with Crippen molar-refractivity contribution in [2.24, 2.45) is 10.7 Å². The molecule has 9 nitrogen and oxygen atoms in total. The van der Waals surface area contributed by atoms with Crippen molar-refractivity contribution in [1.29, 1.82) is 0 Å². The van der Waals surface area contributed by atoms with Gasteiger partial charge >= 0.3 is 5.97 Å². The summed E-state index contributed by atoms with van der Waals surface area (Å²) in [5.74, 6) is -2.57. The van der Waals surface area contributed by atoms with Gasteiger partial charge in [0.1, 0.15) is 24.1 Å². The van der Waals surface area contributed by atoms with Crippen LogP contribution in [0.5, 0.6) is 11.5 Å². The molecule has 1 amide bonds. The molecule has 0 bridgehead atoms. The van der Waals surface area contributed by atoms with Crippen molar-refractivity contribution in [1.82, 2.24) is 0 Å². The third-order valence-corrected chi connectivity index (χ3v) is 5.33. The maximum atomic E-state index is 15.2. The molecule has 3 aromatic rings. The number of carbonyl (C=O) groups excluding carboxylic acids is 2. The molecule has 0 aromatic heterocycles. The Kier molecular flexibility index (Phi) is 10.3. The summed E-state index contributed by atoms with van der Waals surface area (Å²) in [6.07, 6.45) is 0. The van der Waals surface area contributed by atoms with Gasteiger partial charge in [0.25, 0.3) is 5.91 Å². The Morgan fingerprint density at radius 1 is 0.974 bits per heavy atom. The van der Waals surface area contributed by atoms with Gasteiger partial charge in [0.15, 0.2) is 17.5 Å². The van der Waals surface area contributed by atoms with Crippen LogP contribution >= 0.6 is 0 Å². The first-order chi connectivity index (χ1) is 18.8. The van der Waals surface area contributed by atoms with Gasteiger partial charge in [-0.1, -0.05) is 6.07 Å². The predicted molar refractivity (Wildman–Crippen MR) is 141 cm³/mol. The Hall–Kier alpha value is -4.51. The lowest BCUT2D eigenvalue weighted by Gasteiger charge is -2.21. The smallest absolute Gasteiger partial charge is 0.333 e. The fourth-order valence-electron chi connectivity index (χ4n) is 3.56. The second kappa shape index (κ2) is 13.9. The van der Waals surface area contributed by atoms with Crippen molar-refractivity contribution in [2.75, 3.05) is 31.7 Å². The topological polar surface area (TPSA) is 132 Å². The maximum absolute atomic E-state index is 15.2. The lowest BCUT2D eigenvalue weighted by Crippen LogP contribution is -2.25. The van der Waals surface area contributed by atoms with E-state index in [-0.39, 0.29) is 54.9 Å². The molecule has 4 N–H and O–H groups in total. The monoisotopic (exact) mass is 541 g/mol. The average molecular weight is 542 g/mol. The largest absolute Gasteiger partial charge is 0.490 e. The van der Waals surface area contributed by atoms with E-state index in [1.807, 2.05) is 0 Å². The molecule has 0 aliphatic rings. The number of amides is 1. The highest BCUT2D eigenvalue weighted by molar-refractivity contribution is 6.08. The molecule has 1 atom stereocenters. The molecule has 1 unspecified atom stereocenters. The highest BCUT2D eigenvalue weighted by Gasteiger charge is 2.27. The number of anilines is 1. The molecule has 0 fully saturated rings. The van der Waals surface area contributed by atoms with Gasteiger partial charge in [-0.15, -0.1) is 0 Å². The minimum atomic E-state index is -1.25. The number of nitrogens with one attached hydrogen (secondary N) is 1. The summed E-state index contributed by atoms with van der Waals surface area (Å²) in [5, 5.41) is 12.0. The molecule has 11 heteroatoms. The Morgan fingerprint density at radius 2 is 1.69 bits per heavy atom. The van der Waals surface area contributed by atoms with Crippen molar-refractivity contribution in [3.05, 3.63) is 89.0 Å². The number of aliphatic hydroxyl groups excluding tert-OH is 1. The number of benzene rings is 3. The Morgan fingerprint density at radius 3 is 2.33 bits per heavy atom. The van der Waals surface area contributed by atoms with Crippen LogP contribution in [0.25, 0.3) is 0 Å². The first-order valence-corrected chi connectivity index (χ1v) is 12.1. The fourth-order valence-corrected chi connectivity index (χ4v) is 3.56. The fraction of sp³-hybridized carbons (Fsp3) is 0.250. The summed E-state index contributed by atoms with van der Waals surface area (Å²) in [6.45, 7) is 3.36. The third kappa shape index (κ3) is 7.74. The van der Waals surface area contributed by atoms with Crippen LogP contribution in [0.1, 0.15) is 41.4 Å². The molecule has 0 heterocycles. The number of amidine groups is 1. The molecular weight excluding hydrogens is 512 g/mol. The SMILES string of the molecule is CCOC(=O)C(Nc1ccc(C(N)=NC(=O)c2cccc(F)c2)cc1)c1cc(OCC)c(OCCO)cc1F. The van der Waals surface area contributed by atoms with E-state index in [9.17, 15) is 14.0 Å². The number of carbonyl (C=O) groups is 2. The molecule has 39 heavy (non-hydrogen) atoms. The Labute approximate surface area is 224 Å². The van der Waals surface area contributed by atoms with Crippen molar-refractivity contribution in [2.45, 2.75) is 19.9 Å². The van der Waals surface area contributed by atoms with Crippen LogP contribution in [0.15, 0.2) is 65.7 Å². The number of aliphatic hydroxyl groups is 1. The van der Waals surface area contributed by atoms with E-state index >= 15 is 4.39 Å². The minimum absolute atomic E-state index is 0.0425. The quantitative estimate of drug-likeness (QED) is 0.178. The number of ether oxygens (including phenoxy) is 3. The summed E-state index contributed by atoms with van der Waals surface area (Å²) in [4.78, 5) is 29.0. The zero-order valence-corrected chi connectivity index (χ0v) is 21.4. The first-order valence-electron chi connectivity index (χ1n) is 12.1. The zero-order valence-electron chi connectivity index (χ0n) is 21.4. The molecule has 3 rings (SSSR count). The van der Waals surface area contributed by atoms with Crippen molar-refractivity contribution < 1.29 is 37.7 Å². The van der Waals surface area contributed by atoms with Crippen molar-refractivity contribution in [3.8, 4) is 11.5 Å². The van der Waals surface area contributed by atoms with E-state index in [4.69, 9.17) is 25.1 Å². The summed E-state index contributed by atoms with van der Waals surface area (Å²) in [6, 6.07) is 12.5. The van der Waals surface area contributed by atoms with E-state index in [1.165, 1.54) is 24.3 Å². The lowest BCUT2D eigenvalue weighted by molar-refractivity contribution is -0.144. The van der Waals surface area contributed by atoms with E-state index in [2.05, 4.69) is 10.3 Å². The third-order valence-electron chi connectivity index (χ3n) is 5.33. The molecule has 206 valence electrons. The van der Waals surface area contributed by atoms with Crippen LogP contribution in [-0.2, 0) is 9.53 Å². The molecule has 0 aliphatic carbocycles.